The summed E-state index contributed by atoms with van der Waals surface area (Å²) in [4.78, 5) is 11.8. The minimum atomic E-state index is -0.466. The first-order valence-corrected chi connectivity index (χ1v) is 7.65. The van der Waals surface area contributed by atoms with Crippen LogP contribution in [0.15, 0.2) is 24.3 Å². The lowest BCUT2D eigenvalue weighted by molar-refractivity contribution is -0.140. The third-order valence-electron chi connectivity index (χ3n) is 4.72. The lowest BCUT2D eigenvalue weighted by Crippen LogP contribution is -2.41. The highest BCUT2D eigenvalue weighted by molar-refractivity contribution is 6.48. The number of rotatable bonds is 4. The first-order valence-electron chi connectivity index (χ1n) is 7.65. The number of carbonyl (C=O) groups excluding carboxylic acids is 1. The molecule has 0 N–H and O–H groups in total. The number of hydrogen-bond acceptors (Lipinski definition) is 4. The summed E-state index contributed by atoms with van der Waals surface area (Å²) in [5.41, 5.74) is 1.36. The second-order valence-electron chi connectivity index (χ2n) is 6.92. The zero-order valence-corrected chi connectivity index (χ0v) is 14.3. The highest BCUT2D eigenvalue weighted by atomic mass is 16.7. The molecule has 2 rings (SSSR count). The van der Waals surface area contributed by atoms with E-state index in [0.717, 1.165) is 5.56 Å². The van der Waals surface area contributed by atoms with Crippen LogP contribution in [0.25, 0.3) is 0 Å². The van der Waals surface area contributed by atoms with E-state index in [1.807, 2.05) is 58.9 Å². The molecule has 22 heavy (non-hydrogen) atoms. The maximum absolute atomic E-state index is 11.8. The molecule has 1 aromatic carbocycles. The molecule has 1 aliphatic heterocycles. The summed E-state index contributed by atoms with van der Waals surface area (Å²) in [7, 11) is 0.936. The molecule has 0 amide bonds. The van der Waals surface area contributed by atoms with Gasteiger partial charge in [0, 0.05) is 5.82 Å². The monoisotopic (exact) mass is 304 g/mol. The number of benzene rings is 1. The minimum Gasteiger partial charge on any atom is -0.469 e. The van der Waals surface area contributed by atoms with E-state index in [9.17, 15) is 4.79 Å². The second-order valence-corrected chi connectivity index (χ2v) is 6.92. The third kappa shape index (κ3) is 3.36. The Bertz CT molecular complexity index is 520. The SMILES string of the molecule is COC(=O)C[C@H](B1OC(C)(C)C(C)(C)O1)c1ccc(C)cc1. The lowest BCUT2D eigenvalue weighted by Gasteiger charge is -2.32. The molecular formula is C17H25BO4. The van der Waals surface area contributed by atoms with Crippen LogP contribution in [0.2, 0.25) is 0 Å². The van der Waals surface area contributed by atoms with Crippen molar-refractivity contribution in [1.82, 2.24) is 0 Å². The number of hydrogen-bond donors (Lipinski definition) is 0. The van der Waals surface area contributed by atoms with Crippen molar-refractivity contribution in [2.75, 3.05) is 7.11 Å². The third-order valence-corrected chi connectivity index (χ3v) is 4.72. The predicted octanol–water partition coefficient (Wildman–Crippen LogP) is 3.27. The number of ether oxygens (including phenoxy) is 1. The number of esters is 1. The van der Waals surface area contributed by atoms with Crippen LogP contribution in [-0.4, -0.2) is 31.4 Å². The van der Waals surface area contributed by atoms with E-state index in [1.54, 1.807) is 0 Å². The van der Waals surface area contributed by atoms with Gasteiger partial charge in [-0.3, -0.25) is 4.79 Å². The van der Waals surface area contributed by atoms with Crippen LogP contribution in [0.1, 0.15) is 51.1 Å². The lowest BCUT2D eigenvalue weighted by atomic mass is 9.66. The zero-order chi connectivity index (χ0) is 16.5. The molecule has 0 bridgehead atoms. The normalized spacial score (nSPS) is 20.7. The fourth-order valence-corrected chi connectivity index (χ4v) is 2.50. The summed E-state index contributed by atoms with van der Waals surface area (Å²) in [6.07, 6.45) is 0.233. The molecule has 0 radical (unpaired) electrons. The molecule has 4 nitrogen and oxygen atoms in total. The molecule has 5 heteroatoms. The molecule has 1 aliphatic rings. The fourth-order valence-electron chi connectivity index (χ4n) is 2.50. The van der Waals surface area contributed by atoms with Gasteiger partial charge in [-0.25, -0.2) is 0 Å². The van der Waals surface area contributed by atoms with Gasteiger partial charge in [-0.2, -0.15) is 0 Å². The summed E-state index contributed by atoms with van der Waals surface area (Å²) in [5.74, 6) is -0.450. The van der Waals surface area contributed by atoms with Crippen molar-refractivity contribution in [2.45, 2.75) is 58.1 Å². The summed E-state index contributed by atoms with van der Waals surface area (Å²) in [6.45, 7) is 10.1. The Morgan fingerprint density at radius 3 is 2.09 bits per heavy atom. The average molecular weight is 304 g/mol. The van der Waals surface area contributed by atoms with Crippen LogP contribution >= 0.6 is 0 Å². The molecule has 0 aliphatic carbocycles. The maximum atomic E-state index is 11.8. The first kappa shape index (κ1) is 17.0. The van der Waals surface area contributed by atoms with E-state index in [2.05, 4.69) is 0 Å². The fraction of sp³-hybridized carbons (Fsp3) is 0.588. The quantitative estimate of drug-likeness (QED) is 0.632. The number of aryl methyl sites for hydroxylation is 1. The number of carbonyl (C=O) groups is 1. The van der Waals surface area contributed by atoms with Crippen molar-refractivity contribution in [3.63, 3.8) is 0 Å². The van der Waals surface area contributed by atoms with Crippen LogP contribution < -0.4 is 0 Å². The molecule has 0 aromatic heterocycles. The van der Waals surface area contributed by atoms with Crippen molar-refractivity contribution in [1.29, 1.82) is 0 Å². The Balaban J connectivity index is 2.29. The second kappa shape index (κ2) is 6.05. The van der Waals surface area contributed by atoms with E-state index in [1.165, 1.54) is 12.7 Å². The molecule has 0 unspecified atom stereocenters. The Kier molecular flexibility index (Phi) is 4.69. The topological polar surface area (TPSA) is 44.8 Å². The maximum Gasteiger partial charge on any atom is 0.466 e. The highest BCUT2D eigenvalue weighted by Crippen LogP contribution is 2.41. The van der Waals surface area contributed by atoms with Crippen molar-refractivity contribution >= 4 is 13.1 Å². The van der Waals surface area contributed by atoms with Gasteiger partial charge < -0.3 is 14.0 Å². The molecule has 0 saturated carbocycles. The van der Waals surface area contributed by atoms with Gasteiger partial charge >= 0.3 is 13.1 Å². The van der Waals surface area contributed by atoms with Gasteiger partial charge in [0.1, 0.15) is 0 Å². The number of methoxy groups -OCH3 is 1. The molecule has 1 saturated heterocycles. The van der Waals surface area contributed by atoms with E-state index in [-0.39, 0.29) is 18.2 Å². The standard InChI is InChI=1S/C17H25BO4/c1-12-7-9-13(10-8-12)14(11-15(19)20-6)18-21-16(2,3)17(4,5)22-18/h7-10,14H,11H2,1-6H3/t14-/m0/s1. The molecule has 1 aromatic rings. The Labute approximate surface area is 133 Å². The van der Waals surface area contributed by atoms with E-state index in [4.69, 9.17) is 14.0 Å². The van der Waals surface area contributed by atoms with Gasteiger partial charge in [-0.05, 0) is 40.2 Å². The Hall–Kier alpha value is -1.33. The Morgan fingerprint density at radius 1 is 1.14 bits per heavy atom. The van der Waals surface area contributed by atoms with Gasteiger partial charge in [-0.15, -0.1) is 0 Å². The zero-order valence-electron chi connectivity index (χ0n) is 14.3. The summed E-state index contributed by atoms with van der Waals surface area (Å²) >= 11 is 0. The smallest absolute Gasteiger partial charge is 0.466 e. The van der Waals surface area contributed by atoms with Gasteiger partial charge in [0.25, 0.3) is 0 Å². The van der Waals surface area contributed by atoms with Crippen molar-refractivity contribution in [2.24, 2.45) is 0 Å². The van der Waals surface area contributed by atoms with Crippen LogP contribution in [0, 0.1) is 6.92 Å². The summed E-state index contributed by atoms with van der Waals surface area (Å²) in [5, 5.41) is 0. The summed E-state index contributed by atoms with van der Waals surface area (Å²) in [6, 6.07) is 8.11. The highest BCUT2D eigenvalue weighted by Gasteiger charge is 2.54. The average Bonchev–Trinajstić information content (AvgIpc) is 2.65. The van der Waals surface area contributed by atoms with Crippen LogP contribution in [-0.2, 0) is 18.8 Å². The first-order chi connectivity index (χ1) is 10.2. The molecular weight excluding hydrogens is 279 g/mol. The minimum absolute atomic E-state index is 0.186. The van der Waals surface area contributed by atoms with E-state index >= 15 is 0 Å². The van der Waals surface area contributed by atoms with E-state index < -0.39 is 18.3 Å². The van der Waals surface area contributed by atoms with Gasteiger partial charge in [-0.1, -0.05) is 29.8 Å². The van der Waals surface area contributed by atoms with Crippen LogP contribution in [0.3, 0.4) is 0 Å². The molecule has 0 spiro atoms. The van der Waals surface area contributed by atoms with E-state index in [0.29, 0.717) is 0 Å². The largest absolute Gasteiger partial charge is 0.469 e. The predicted molar refractivity (Wildman–Crippen MR) is 86.6 cm³/mol. The van der Waals surface area contributed by atoms with Crippen LogP contribution in [0.4, 0.5) is 0 Å². The van der Waals surface area contributed by atoms with Crippen molar-refractivity contribution in [3.05, 3.63) is 35.4 Å². The van der Waals surface area contributed by atoms with Crippen LogP contribution in [0.5, 0.6) is 0 Å². The van der Waals surface area contributed by atoms with Gasteiger partial charge in [0.05, 0.1) is 24.7 Å². The van der Waals surface area contributed by atoms with Gasteiger partial charge in [0.2, 0.25) is 0 Å². The summed E-state index contributed by atoms with van der Waals surface area (Å²) < 4.78 is 17.1. The molecule has 120 valence electrons. The molecule has 1 fully saturated rings. The molecule has 1 atom stereocenters. The van der Waals surface area contributed by atoms with Crippen molar-refractivity contribution in [3.8, 4) is 0 Å². The van der Waals surface area contributed by atoms with Gasteiger partial charge in [0.15, 0.2) is 0 Å². The Morgan fingerprint density at radius 2 is 1.64 bits per heavy atom. The molecule has 1 heterocycles. The van der Waals surface area contributed by atoms with Crippen molar-refractivity contribution < 1.29 is 18.8 Å².